The fraction of sp³-hybridized carbons (Fsp3) is 0.0556. The Morgan fingerprint density at radius 2 is 1.75 bits per heavy atom. The molecule has 0 saturated heterocycles. The van der Waals surface area contributed by atoms with E-state index in [4.69, 9.17) is 0 Å². The van der Waals surface area contributed by atoms with Gasteiger partial charge in [0, 0.05) is 17.4 Å². The number of rotatable bonds is 6. The number of hydrogen-bond acceptors (Lipinski definition) is 5. The lowest BCUT2D eigenvalue weighted by atomic mass is 10.1. The zero-order chi connectivity index (χ0) is 16.8. The number of carboxylic acids is 1. The molecule has 1 heterocycles. The fourth-order valence-corrected chi connectivity index (χ4v) is 2.80. The Morgan fingerprint density at radius 1 is 1.08 bits per heavy atom. The Hall–Kier alpha value is -2.99. The van der Waals surface area contributed by atoms with E-state index in [1.54, 1.807) is 0 Å². The van der Waals surface area contributed by atoms with Crippen molar-refractivity contribution < 1.29 is 9.90 Å². The summed E-state index contributed by atoms with van der Waals surface area (Å²) in [5, 5.41) is 15.8. The van der Waals surface area contributed by atoms with Crippen LogP contribution in [0.15, 0.2) is 71.1 Å². The van der Waals surface area contributed by atoms with Crippen LogP contribution >= 0.6 is 11.3 Å². The van der Waals surface area contributed by atoms with Crippen LogP contribution < -0.4 is 5.43 Å². The van der Waals surface area contributed by atoms with Crippen molar-refractivity contribution in [2.45, 2.75) is 6.42 Å². The summed E-state index contributed by atoms with van der Waals surface area (Å²) in [5.41, 5.74) is 5.52. The summed E-state index contributed by atoms with van der Waals surface area (Å²) in [4.78, 5) is 15.8. The second kappa shape index (κ2) is 7.52. The van der Waals surface area contributed by atoms with Gasteiger partial charge in [-0.3, -0.25) is 5.43 Å². The van der Waals surface area contributed by atoms with E-state index in [1.165, 1.54) is 11.3 Å². The molecule has 0 radical (unpaired) electrons. The molecule has 0 aliphatic carbocycles. The minimum atomic E-state index is -1.05. The second-order valence-electron chi connectivity index (χ2n) is 5.04. The molecule has 0 saturated carbocycles. The summed E-state index contributed by atoms with van der Waals surface area (Å²) in [6.07, 6.45) is 0.250. The predicted molar refractivity (Wildman–Crippen MR) is 96.4 cm³/mol. The Balaban J connectivity index is 1.73. The lowest BCUT2D eigenvalue weighted by Gasteiger charge is -2.02. The number of carboxylic acid groups (broad SMARTS) is 1. The normalized spacial score (nSPS) is 11.2. The largest absolute Gasteiger partial charge is 0.477 e. The molecule has 1 aromatic heterocycles. The molecule has 2 aromatic carbocycles. The van der Waals surface area contributed by atoms with Crippen molar-refractivity contribution in [3.63, 3.8) is 0 Å². The van der Waals surface area contributed by atoms with Crippen molar-refractivity contribution in [3.8, 4) is 11.3 Å². The molecule has 3 rings (SSSR count). The number of hydrazone groups is 1. The number of aromatic nitrogens is 1. The highest BCUT2D eigenvalue weighted by molar-refractivity contribution is 7.14. The Kier molecular flexibility index (Phi) is 4.98. The van der Waals surface area contributed by atoms with Gasteiger partial charge in [0.15, 0.2) is 0 Å². The number of hydrogen-bond donors (Lipinski definition) is 2. The van der Waals surface area contributed by atoms with E-state index in [1.807, 2.05) is 66.0 Å². The van der Waals surface area contributed by atoms with Gasteiger partial charge >= 0.3 is 5.97 Å². The van der Waals surface area contributed by atoms with Gasteiger partial charge in [-0.15, -0.1) is 11.3 Å². The molecule has 24 heavy (non-hydrogen) atoms. The molecule has 0 bridgehead atoms. The summed E-state index contributed by atoms with van der Waals surface area (Å²) >= 11 is 1.38. The number of anilines is 1. The van der Waals surface area contributed by atoms with Crippen LogP contribution in [0.1, 0.15) is 5.56 Å². The van der Waals surface area contributed by atoms with Gasteiger partial charge < -0.3 is 5.11 Å². The molecule has 0 atom stereocenters. The minimum absolute atomic E-state index is 0.0395. The van der Waals surface area contributed by atoms with Crippen LogP contribution in [0.4, 0.5) is 5.13 Å². The van der Waals surface area contributed by atoms with Crippen molar-refractivity contribution in [3.05, 3.63) is 71.6 Å². The SMILES string of the molecule is O=C(O)/C(Cc1ccccc1)=N/Nc1nc(-c2ccccc2)cs1. The number of nitrogens with zero attached hydrogens (tertiary/aromatic N) is 2. The van der Waals surface area contributed by atoms with Gasteiger partial charge in [-0.25, -0.2) is 9.78 Å². The molecule has 0 unspecified atom stereocenters. The molecule has 0 aliphatic heterocycles. The zero-order valence-corrected chi connectivity index (χ0v) is 13.5. The van der Waals surface area contributed by atoms with Gasteiger partial charge in [0.25, 0.3) is 0 Å². The van der Waals surface area contributed by atoms with E-state index < -0.39 is 5.97 Å². The van der Waals surface area contributed by atoms with Crippen LogP contribution in [0.5, 0.6) is 0 Å². The second-order valence-corrected chi connectivity index (χ2v) is 5.90. The van der Waals surface area contributed by atoms with E-state index >= 15 is 0 Å². The quantitative estimate of drug-likeness (QED) is 0.528. The van der Waals surface area contributed by atoms with Crippen LogP contribution in [0.2, 0.25) is 0 Å². The van der Waals surface area contributed by atoms with Gasteiger partial charge in [-0.2, -0.15) is 5.10 Å². The topological polar surface area (TPSA) is 74.6 Å². The van der Waals surface area contributed by atoms with Crippen molar-refractivity contribution in [2.24, 2.45) is 5.10 Å². The number of carbonyl (C=O) groups is 1. The maximum Gasteiger partial charge on any atom is 0.352 e. The van der Waals surface area contributed by atoms with Gasteiger partial charge in [-0.05, 0) is 5.56 Å². The molecule has 0 fully saturated rings. The van der Waals surface area contributed by atoms with Gasteiger partial charge in [0.05, 0.1) is 5.69 Å². The number of nitrogens with one attached hydrogen (secondary N) is 1. The third kappa shape index (κ3) is 4.05. The molecule has 5 nitrogen and oxygen atoms in total. The average molecular weight is 337 g/mol. The van der Waals surface area contributed by atoms with Gasteiger partial charge in [0.2, 0.25) is 5.13 Å². The Morgan fingerprint density at radius 3 is 2.42 bits per heavy atom. The Bertz CT molecular complexity index is 845. The van der Waals surface area contributed by atoms with E-state index in [0.29, 0.717) is 5.13 Å². The van der Waals surface area contributed by atoms with Crippen LogP contribution in [-0.2, 0) is 11.2 Å². The molecular formula is C18H15N3O2S. The van der Waals surface area contributed by atoms with E-state index in [9.17, 15) is 9.90 Å². The highest BCUT2D eigenvalue weighted by atomic mass is 32.1. The summed E-state index contributed by atoms with van der Waals surface area (Å²) in [5.74, 6) is -1.05. The summed E-state index contributed by atoms with van der Waals surface area (Å²) in [6.45, 7) is 0. The molecule has 0 spiro atoms. The van der Waals surface area contributed by atoms with E-state index in [0.717, 1.165) is 16.8 Å². The first-order valence-electron chi connectivity index (χ1n) is 7.33. The minimum Gasteiger partial charge on any atom is -0.477 e. The lowest BCUT2D eigenvalue weighted by molar-refractivity contribution is -0.129. The average Bonchev–Trinajstić information content (AvgIpc) is 3.09. The number of benzene rings is 2. The van der Waals surface area contributed by atoms with Crippen molar-refractivity contribution >= 4 is 28.1 Å². The van der Waals surface area contributed by atoms with Crippen LogP contribution in [-0.4, -0.2) is 21.8 Å². The van der Waals surface area contributed by atoms with Gasteiger partial charge in [-0.1, -0.05) is 60.7 Å². The first kappa shape index (κ1) is 15.9. The number of aliphatic carboxylic acids is 1. The van der Waals surface area contributed by atoms with Crippen LogP contribution in [0.3, 0.4) is 0 Å². The molecule has 0 amide bonds. The third-order valence-electron chi connectivity index (χ3n) is 3.32. The zero-order valence-electron chi connectivity index (χ0n) is 12.7. The molecule has 3 aromatic rings. The Labute approximate surface area is 143 Å². The monoisotopic (exact) mass is 337 g/mol. The van der Waals surface area contributed by atoms with Gasteiger partial charge in [0.1, 0.15) is 5.71 Å². The van der Waals surface area contributed by atoms with Crippen molar-refractivity contribution in [2.75, 3.05) is 5.43 Å². The summed E-state index contributed by atoms with van der Waals surface area (Å²) in [7, 11) is 0. The maximum atomic E-state index is 11.4. The molecule has 6 heteroatoms. The summed E-state index contributed by atoms with van der Waals surface area (Å²) in [6, 6.07) is 19.2. The maximum absolute atomic E-state index is 11.4. The van der Waals surface area contributed by atoms with Crippen LogP contribution in [0, 0.1) is 0 Å². The predicted octanol–water partition coefficient (Wildman–Crippen LogP) is 3.91. The van der Waals surface area contributed by atoms with Crippen LogP contribution in [0.25, 0.3) is 11.3 Å². The van der Waals surface area contributed by atoms with E-state index in [-0.39, 0.29) is 12.1 Å². The molecule has 2 N–H and O–H groups in total. The van der Waals surface area contributed by atoms with Crippen molar-refractivity contribution in [1.82, 2.24) is 4.98 Å². The fourth-order valence-electron chi connectivity index (χ4n) is 2.13. The summed E-state index contributed by atoms with van der Waals surface area (Å²) < 4.78 is 0. The molecule has 120 valence electrons. The first-order valence-corrected chi connectivity index (χ1v) is 8.21. The third-order valence-corrected chi connectivity index (χ3v) is 4.07. The molecular weight excluding hydrogens is 322 g/mol. The molecule has 0 aliphatic rings. The first-order chi connectivity index (χ1) is 11.7. The van der Waals surface area contributed by atoms with E-state index in [2.05, 4.69) is 15.5 Å². The highest BCUT2D eigenvalue weighted by Crippen LogP contribution is 2.24. The number of thiazole rings is 1. The lowest BCUT2D eigenvalue weighted by Crippen LogP contribution is -2.17. The highest BCUT2D eigenvalue weighted by Gasteiger charge is 2.11. The van der Waals surface area contributed by atoms with Crippen molar-refractivity contribution in [1.29, 1.82) is 0 Å². The standard InChI is InChI=1S/C18H15N3O2S/c22-17(23)15(11-13-7-3-1-4-8-13)20-21-18-19-16(12-24-18)14-9-5-2-6-10-14/h1-10,12H,11H2,(H,19,21)(H,22,23)/b20-15+. The smallest absolute Gasteiger partial charge is 0.352 e.